The fraction of sp³-hybridized carbons (Fsp3) is 0.300. The first-order chi connectivity index (χ1) is 5.58. The van der Waals surface area contributed by atoms with Crippen molar-refractivity contribution in [1.82, 2.24) is 4.98 Å². The lowest BCUT2D eigenvalue weighted by Gasteiger charge is -2.07. The Morgan fingerprint density at radius 3 is 2.42 bits per heavy atom. The van der Waals surface area contributed by atoms with Gasteiger partial charge in [0.2, 0.25) is 0 Å². The zero-order chi connectivity index (χ0) is 9.03. The average molecular weight is 160 g/mol. The zero-order valence-corrected chi connectivity index (χ0v) is 7.33. The summed E-state index contributed by atoms with van der Waals surface area (Å²) in [6.07, 6.45) is 3.43. The number of hydrogen-bond donors (Lipinski definition) is 1. The second-order valence-electron chi connectivity index (χ2n) is 3.21. The number of rotatable bonds is 0. The van der Waals surface area contributed by atoms with Crippen LogP contribution in [-0.2, 0) is 0 Å². The molecule has 0 amide bonds. The monoisotopic (exact) mass is 160 g/mol. The van der Waals surface area contributed by atoms with Gasteiger partial charge in [-0.3, -0.25) is 4.98 Å². The van der Waals surface area contributed by atoms with E-state index in [2.05, 4.69) is 16.8 Å². The van der Waals surface area contributed by atoms with Gasteiger partial charge in [0.15, 0.2) is 0 Å². The van der Waals surface area contributed by atoms with Crippen LogP contribution in [0.5, 0.6) is 0 Å². The predicted octanol–water partition coefficient (Wildman–Crippen LogP) is 1.17. The molecule has 1 aromatic heterocycles. The molecule has 0 bridgehead atoms. The summed E-state index contributed by atoms with van der Waals surface area (Å²) in [5, 5.41) is 0. The third-order valence-corrected chi connectivity index (χ3v) is 1.21. The highest BCUT2D eigenvalue weighted by Crippen LogP contribution is 1.96. The number of hydrogen-bond acceptors (Lipinski definition) is 2. The van der Waals surface area contributed by atoms with Crippen molar-refractivity contribution >= 4 is 0 Å². The Morgan fingerprint density at radius 1 is 1.33 bits per heavy atom. The van der Waals surface area contributed by atoms with Crippen LogP contribution in [0, 0.1) is 11.8 Å². The number of nitrogens with two attached hydrogens (primary N) is 1. The normalized spacial score (nSPS) is 10.2. The van der Waals surface area contributed by atoms with Crippen molar-refractivity contribution in [3.05, 3.63) is 30.1 Å². The summed E-state index contributed by atoms with van der Waals surface area (Å²) in [5.74, 6) is 5.91. The molecule has 2 heteroatoms. The molecule has 0 atom stereocenters. The van der Waals surface area contributed by atoms with E-state index in [1.165, 1.54) is 0 Å². The second kappa shape index (κ2) is 3.38. The fourth-order valence-electron chi connectivity index (χ4n) is 0.669. The van der Waals surface area contributed by atoms with Gasteiger partial charge >= 0.3 is 0 Å². The van der Waals surface area contributed by atoms with Gasteiger partial charge in [-0.1, -0.05) is 11.8 Å². The Bertz CT molecular complexity index is 298. The van der Waals surface area contributed by atoms with Gasteiger partial charge in [0.1, 0.15) is 0 Å². The third kappa shape index (κ3) is 3.18. The first kappa shape index (κ1) is 8.76. The van der Waals surface area contributed by atoms with Crippen LogP contribution in [0.25, 0.3) is 0 Å². The van der Waals surface area contributed by atoms with E-state index in [0.29, 0.717) is 0 Å². The Morgan fingerprint density at radius 2 is 1.92 bits per heavy atom. The molecule has 62 valence electrons. The number of nitrogens with zero attached hydrogens (tertiary/aromatic N) is 1. The van der Waals surface area contributed by atoms with Gasteiger partial charge < -0.3 is 5.73 Å². The van der Waals surface area contributed by atoms with Crippen molar-refractivity contribution < 1.29 is 0 Å². The van der Waals surface area contributed by atoms with Gasteiger partial charge in [0.05, 0.1) is 5.54 Å². The maximum Gasteiger partial charge on any atom is 0.0722 e. The summed E-state index contributed by atoms with van der Waals surface area (Å²) < 4.78 is 0. The van der Waals surface area contributed by atoms with Crippen LogP contribution in [0.3, 0.4) is 0 Å². The molecule has 0 saturated heterocycles. The number of pyridine rings is 1. The Balaban J connectivity index is 2.81. The van der Waals surface area contributed by atoms with Crippen LogP contribution in [0.15, 0.2) is 24.5 Å². The van der Waals surface area contributed by atoms with Gasteiger partial charge in [-0.15, -0.1) is 0 Å². The van der Waals surface area contributed by atoms with Gasteiger partial charge in [-0.05, 0) is 26.0 Å². The molecule has 0 fully saturated rings. The maximum atomic E-state index is 5.69. The van der Waals surface area contributed by atoms with Crippen molar-refractivity contribution in [3.63, 3.8) is 0 Å². The molecule has 0 spiro atoms. The molecule has 0 saturated carbocycles. The van der Waals surface area contributed by atoms with Crippen molar-refractivity contribution in [2.45, 2.75) is 19.4 Å². The van der Waals surface area contributed by atoms with Crippen LogP contribution in [0.2, 0.25) is 0 Å². The highest BCUT2D eigenvalue weighted by atomic mass is 14.7. The standard InChI is InChI=1S/C10H12N2/c1-10(2,11)6-3-9-4-7-12-8-5-9/h4-5,7-8H,11H2,1-2H3. The molecule has 1 heterocycles. The molecule has 0 aliphatic heterocycles. The lowest BCUT2D eigenvalue weighted by Crippen LogP contribution is -2.29. The number of aromatic nitrogens is 1. The molecule has 0 aliphatic carbocycles. The van der Waals surface area contributed by atoms with E-state index < -0.39 is 5.54 Å². The predicted molar refractivity (Wildman–Crippen MR) is 49.4 cm³/mol. The third-order valence-electron chi connectivity index (χ3n) is 1.21. The first-order valence-electron chi connectivity index (χ1n) is 3.80. The van der Waals surface area contributed by atoms with Crippen molar-refractivity contribution in [2.75, 3.05) is 0 Å². The molecule has 2 nitrogen and oxygen atoms in total. The van der Waals surface area contributed by atoms with Crippen LogP contribution < -0.4 is 5.73 Å². The van der Waals surface area contributed by atoms with E-state index >= 15 is 0 Å². The quantitative estimate of drug-likeness (QED) is 0.579. The van der Waals surface area contributed by atoms with E-state index in [1.54, 1.807) is 12.4 Å². The largest absolute Gasteiger partial charge is 0.316 e. The minimum atomic E-state index is -0.427. The summed E-state index contributed by atoms with van der Waals surface area (Å²) in [5.41, 5.74) is 6.21. The minimum Gasteiger partial charge on any atom is -0.316 e. The average Bonchev–Trinajstić information content (AvgIpc) is 2.02. The van der Waals surface area contributed by atoms with E-state index in [4.69, 9.17) is 5.73 Å². The Hall–Kier alpha value is -1.33. The second-order valence-corrected chi connectivity index (χ2v) is 3.21. The summed E-state index contributed by atoms with van der Waals surface area (Å²) in [4.78, 5) is 3.89. The highest BCUT2D eigenvalue weighted by Gasteiger charge is 2.03. The van der Waals surface area contributed by atoms with Crippen molar-refractivity contribution in [2.24, 2.45) is 5.73 Å². The van der Waals surface area contributed by atoms with Crippen molar-refractivity contribution in [1.29, 1.82) is 0 Å². The molecule has 0 aromatic carbocycles. The molecule has 0 unspecified atom stereocenters. The van der Waals surface area contributed by atoms with E-state index in [0.717, 1.165) is 5.56 Å². The smallest absolute Gasteiger partial charge is 0.0722 e. The van der Waals surface area contributed by atoms with Crippen LogP contribution in [0.4, 0.5) is 0 Å². The lowest BCUT2D eigenvalue weighted by molar-refractivity contribution is 0.680. The maximum absolute atomic E-state index is 5.69. The Kier molecular flexibility index (Phi) is 2.47. The van der Waals surface area contributed by atoms with Gasteiger partial charge in [-0.2, -0.15) is 0 Å². The molecular weight excluding hydrogens is 148 g/mol. The molecular formula is C10H12N2. The van der Waals surface area contributed by atoms with E-state index in [-0.39, 0.29) is 0 Å². The molecule has 1 rings (SSSR count). The first-order valence-corrected chi connectivity index (χ1v) is 3.80. The molecule has 12 heavy (non-hydrogen) atoms. The van der Waals surface area contributed by atoms with Crippen molar-refractivity contribution in [3.8, 4) is 11.8 Å². The topological polar surface area (TPSA) is 38.9 Å². The molecule has 1 aromatic rings. The fourth-order valence-corrected chi connectivity index (χ4v) is 0.669. The SMILES string of the molecule is CC(C)(N)C#Cc1ccncc1. The van der Waals surface area contributed by atoms with Crippen LogP contribution in [0.1, 0.15) is 19.4 Å². The zero-order valence-electron chi connectivity index (χ0n) is 7.33. The Labute approximate surface area is 72.8 Å². The van der Waals surface area contributed by atoms with Gasteiger partial charge in [0.25, 0.3) is 0 Å². The lowest BCUT2D eigenvalue weighted by atomic mass is 10.1. The van der Waals surface area contributed by atoms with Crippen LogP contribution in [-0.4, -0.2) is 10.5 Å². The van der Waals surface area contributed by atoms with Crippen LogP contribution >= 0.6 is 0 Å². The van der Waals surface area contributed by atoms with E-state index in [9.17, 15) is 0 Å². The van der Waals surface area contributed by atoms with Gasteiger partial charge in [-0.25, -0.2) is 0 Å². The molecule has 0 aliphatic rings. The summed E-state index contributed by atoms with van der Waals surface area (Å²) in [7, 11) is 0. The summed E-state index contributed by atoms with van der Waals surface area (Å²) >= 11 is 0. The summed E-state index contributed by atoms with van der Waals surface area (Å²) in [6.45, 7) is 3.75. The van der Waals surface area contributed by atoms with Gasteiger partial charge in [0, 0.05) is 18.0 Å². The molecule has 0 radical (unpaired) electrons. The van der Waals surface area contributed by atoms with E-state index in [1.807, 2.05) is 26.0 Å². The summed E-state index contributed by atoms with van der Waals surface area (Å²) in [6, 6.07) is 3.72. The molecule has 2 N–H and O–H groups in total. The highest BCUT2D eigenvalue weighted by molar-refractivity contribution is 5.34. The minimum absolute atomic E-state index is 0.427.